The molecule has 0 aliphatic heterocycles. The zero-order valence-corrected chi connectivity index (χ0v) is 8.36. The predicted molar refractivity (Wildman–Crippen MR) is 59.1 cm³/mol. The van der Waals surface area contributed by atoms with Crippen LogP contribution in [0.5, 0.6) is 0 Å². The fraction of sp³-hybridized carbons (Fsp3) is 0.100. The van der Waals surface area contributed by atoms with Crippen LogP contribution in [-0.2, 0) is 6.42 Å². The number of benzene rings is 1. The van der Waals surface area contributed by atoms with E-state index < -0.39 is 11.2 Å². The molecule has 0 saturated carbocycles. The SMILES string of the molecule is Nc1ccccc1Cc1n[nH]c(=O)[nH]c1=O. The number of para-hydroxylation sites is 1. The normalized spacial score (nSPS) is 10.2. The Kier molecular flexibility index (Phi) is 2.55. The molecule has 1 heterocycles. The number of aromatic nitrogens is 3. The van der Waals surface area contributed by atoms with Crippen molar-refractivity contribution in [2.24, 2.45) is 0 Å². The maximum Gasteiger partial charge on any atom is 0.342 e. The van der Waals surface area contributed by atoms with Gasteiger partial charge in [-0.1, -0.05) is 18.2 Å². The van der Waals surface area contributed by atoms with Gasteiger partial charge in [-0.05, 0) is 11.6 Å². The number of aromatic amines is 2. The van der Waals surface area contributed by atoms with Crippen molar-refractivity contribution in [3.8, 4) is 0 Å². The Morgan fingerprint density at radius 2 is 2.00 bits per heavy atom. The number of nitrogen functional groups attached to an aromatic ring is 1. The molecule has 0 amide bonds. The number of H-pyrrole nitrogens is 2. The van der Waals surface area contributed by atoms with Crippen LogP contribution in [0.4, 0.5) is 5.69 Å². The Hall–Kier alpha value is -2.37. The van der Waals surface area contributed by atoms with Gasteiger partial charge < -0.3 is 5.73 Å². The Morgan fingerprint density at radius 3 is 2.69 bits per heavy atom. The van der Waals surface area contributed by atoms with Gasteiger partial charge in [0.1, 0.15) is 5.69 Å². The summed E-state index contributed by atoms with van der Waals surface area (Å²) in [6.45, 7) is 0. The minimum absolute atomic E-state index is 0.234. The van der Waals surface area contributed by atoms with Gasteiger partial charge in [-0.25, -0.2) is 9.89 Å². The van der Waals surface area contributed by atoms with Crippen molar-refractivity contribution >= 4 is 5.69 Å². The zero-order valence-electron chi connectivity index (χ0n) is 8.36. The van der Waals surface area contributed by atoms with E-state index in [9.17, 15) is 9.59 Å². The monoisotopic (exact) mass is 218 g/mol. The van der Waals surface area contributed by atoms with Gasteiger partial charge in [0.2, 0.25) is 0 Å². The Labute approximate surface area is 90.1 Å². The van der Waals surface area contributed by atoms with Crippen LogP contribution < -0.4 is 17.0 Å². The third-order valence-electron chi connectivity index (χ3n) is 2.19. The zero-order chi connectivity index (χ0) is 11.5. The smallest absolute Gasteiger partial charge is 0.342 e. The molecule has 6 nitrogen and oxygen atoms in total. The first-order chi connectivity index (χ1) is 7.66. The average molecular weight is 218 g/mol. The van der Waals surface area contributed by atoms with Crippen molar-refractivity contribution in [2.75, 3.05) is 5.73 Å². The molecule has 1 aromatic carbocycles. The molecule has 0 radical (unpaired) electrons. The number of nitrogens with two attached hydrogens (primary N) is 1. The molecule has 0 unspecified atom stereocenters. The Morgan fingerprint density at radius 1 is 1.25 bits per heavy atom. The van der Waals surface area contributed by atoms with E-state index in [0.717, 1.165) is 5.56 Å². The summed E-state index contributed by atoms with van der Waals surface area (Å²) in [7, 11) is 0. The molecule has 0 fully saturated rings. The summed E-state index contributed by atoms with van der Waals surface area (Å²) >= 11 is 0. The van der Waals surface area contributed by atoms with Crippen LogP contribution in [0.1, 0.15) is 11.3 Å². The number of hydrogen-bond acceptors (Lipinski definition) is 4. The molecule has 0 aliphatic carbocycles. The molecule has 1 aromatic heterocycles. The second-order valence-electron chi connectivity index (χ2n) is 3.33. The van der Waals surface area contributed by atoms with Crippen LogP contribution in [0.3, 0.4) is 0 Å². The minimum Gasteiger partial charge on any atom is -0.398 e. The van der Waals surface area contributed by atoms with E-state index in [2.05, 4.69) is 15.2 Å². The molecule has 0 saturated heterocycles. The number of rotatable bonds is 2. The summed E-state index contributed by atoms with van der Waals surface area (Å²) in [6, 6.07) is 7.19. The molecule has 6 heteroatoms. The lowest BCUT2D eigenvalue weighted by Gasteiger charge is -2.02. The summed E-state index contributed by atoms with van der Waals surface area (Å²) < 4.78 is 0. The summed E-state index contributed by atoms with van der Waals surface area (Å²) in [6.07, 6.45) is 0.290. The largest absolute Gasteiger partial charge is 0.398 e. The lowest BCUT2D eigenvalue weighted by atomic mass is 10.1. The quantitative estimate of drug-likeness (QED) is 0.598. The summed E-state index contributed by atoms with van der Waals surface area (Å²) in [4.78, 5) is 24.2. The van der Waals surface area contributed by atoms with Crippen LogP contribution in [0.15, 0.2) is 33.9 Å². The molecule has 82 valence electrons. The molecule has 2 rings (SSSR count). The lowest BCUT2D eigenvalue weighted by Crippen LogP contribution is -2.27. The molecular weight excluding hydrogens is 208 g/mol. The predicted octanol–water partition coefficient (Wildman–Crippen LogP) is -0.369. The molecular formula is C10H10N4O2. The van der Waals surface area contributed by atoms with Crippen LogP contribution >= 0.6 is 0 Å². The van der Waals surface area contributed by atoms with E-state index in [1.807, 2.05) is 18.2 Å². The van der Waals surface area contributed by atoms with Gasteiger partial charge in [0.25, 0.3) is 5.56 Å². The summed E-state index contributed by atoms with van der Waals surface area (Å²) in [5, 5.41) is 5.86. The van der Waals surface area contributed by atoms with Crippen LogP contribution in [0.25, 0.3) is 0 Å². The Balaban J connectivity index is 2.38. The van der Waals surface area contributed by atoms with Crippen LogP contribution in [0, 0.1) is 0 Å². The first kappa shape index (κ1) is 10.2. The van der Waals surface area contributed by atoms with Crippen molar-refractivity contribution in [2.45, 2.75) is 6.42 Å². The maximum atomic E-state index is 11.4. The molecule has 0 atom stereocenters. The van der Waals surface area contributed by atoms with E-state index >= 15 is 0 Å². The van der Waals surface area contributed by atoms with Crippen molar-refractivity contribution in [1.29, 1.82) is 0 Å². The van der Waals surface area contributed by atoms with E-state index in [-0.39, 0.29) is 5.69 Å². The second-order valence-corrected chi connectivity index (χ2v) is 3.33. The molecule has 4 N–H and O–H groups in total. The number of hydrogen-bond donors (Lipinski definition) is 3. The number of nitrogens with zero attached hydrogens (tertiary/aromatic N) is 1. The first-order valence-electron chi connectivity index (χ1n) is 4.68. The van der Waals surface area contributed by atoms with Gasteiger partial charge in [0.05, 0.1) is 0 Å². The number of anilines is 1. The van der Waals surface area contributed by atoms with Crippen LogP contribution in [-0.4, -0.2) is 15.2 Å². The minimum atomic E-state index is -0.616. The molecule has 16 heavy (non-hydrogen) atoms. The highest BCUT2D eigenvalue weighted by Gasteiger charge is 2.05. The molecule has 2 aromatic rings. The van der Waals surface area contributed by atoms with E-state index in [1.165, 1.54) is 0 Å². The van der Waals surface area contributed by atoms with Crippen molar-refractivity contribution in [1.82, 2.24) is 15.2 Å². The highest BCUT2D eigenvalue weighted by Crippen LogP contribution is 2.12. The third kappa shape index (κ3) is 2.00. The van der Waals surface area contributed by atoms with Gasteiger partial charge in [-0.2, -0.15) is 5.10 Å². The molecule has 0 bridgehead atoms. The first-order valence-corrected chi connectivity index (χ1v) is 4.68. The third-order valence-corrected chi connectivity index (χ3v) is 2.19. The van der Waals surface area contributed by atoms with Gasteiger partial charge in [0.15, 0.2) is 0 Å². The lowest BCUT2D eigenvalue weighted by molar-refractivity contribution is 0.828. The van der Waals surface area contributed by atoms with E-state index in [1.54, 1.807) is 6.07 Å². The molecule has 0 aliphatic rings. The Bertz CT molecular complexity index is 614. The highest BCUT2D eigenvalue weighted by atomic mass is 16.2. The van der Waals surface area contributed by atoms with E-state index in [0.29, 0.717) is 12.1 Å². The summed E-state index contributed by atoms with van der Waals surface area (Å²) in [5.74, 6) is 0. The van der Waals surface area contributed by atoms with E-state index in [4.69, 9.17) is 5.73 Å². The second kappa shape index (κ2) is 4.01. The van der Waals surface area contributed by atoms with Gasteiger partial charge >= 0.3 is 5.69 Å². The van der Waals surface area contributed by atoms with Gasteiger partial charge in [-0.15, -0.1) is 0 Å². The maximum absolute atomic E-state index is 11.4. The molecule has 0 spiro atoms. The van der Waals surface area contributed by atoms with Crippen molar-refractivity contribution in [3.63, 3.8) is 0 Å². The highest BCUT2D eigenvalue weighted by molar-refractivity contribution is 5.47. The van der Waals surface area contributed by atoms with Gasteiger partial charge in [-0.3, -0.25) is 9.78 Å². The average Bonchev–Trinajstić information content (AvgIpc) is 2.25. The van der Waals surface area contributed by atoms with Crippen molar-refractivity contribution in [3.05, 3.63) is 56.4 Å². The standard InChI is InChI=1S/C10H10N4O2/c11-7-4-2-1-3-6(7)5-8-9(15)12-10(16)14-13-8/h1-4H,5,11H2,(H2,12,14,15,16). The topological polar surface area (TPSA) is 105 Å². The van der Waals surface area contributed by atoms with Crippen molar-refractivity contribution < 1.29 is 0 Å². The summed E-state index contributed by atoms with van der Waals surface area (Å²) in [5.41, 5.74) is 6.25. The number of nitrogens with one attached hydrogen (secondary N) is 2. The fourth-order valence-electron chi connectivity index (χ4n) is 1.37. The van der Waals surface area contributed by atoms with Crippen LogP contribution in [0.2, 0.25) is 0 Å². The van der Waals surface area contributed by atoms with Gasteiger partial charge in [0, 0.05) is 12.1 Å². The fourth-order valence-corrected chi connectivity index (χ4v) is 1.37.